The molecule has 0 bridgehead atoms. The van der Waals surface area contributed by atoms with Gasteiger partial charge in [-0.3, -0.25) is 4.98 Å². The third-order valence-electron chi connectivity index (χ3n) is 4.35. The summed E-state index contributed by atoms with van der Waals surface area (Å²) in [5, 5.41) is 7.83. The van der Waals surface area contributed by atoms with E-state index >= 15 is 0 Å². The lowest BCUT2D eigenvalue weighted by Gasteiger charge is -2.10. The second-order valence-corrected chi connectivity index (χ2v) is 6.41. The highest BCUT2D eigenvalue weighted by molar-refractivity contribution is 5.87. The standard InChI is InChI=1S/C18H17N7/c1-10-7-13(8-11-3-2-6-19-14(10)11)23-18-24-16-15(20-9-21-16)17(25-18)22-12-4-5-12/h2-3,6-9,12H,4-5H2,1H3,(H3,20,21,22,23,24,25). The number of H-pyrrole nitrogens is 1. The van der Waals surface area contributed by atoms with Gasteiger partial charge in [0.05, 0.1) is 11.8 Å². The topological polar surface area (TPSA) is 91.4 Å². The van der Waals surface area contributed by atoms with Crippen LogP contribution in [-0.2, 0) is 0 Å². The van der Waals surface area contributed by atoms with Crippen LogP contribution in [0.1, 0.15) is 18.4 Å². The summed E-state index contributed by atoms with van der Waals surface area (Å²) in [7, 11) is 0. The fraction of sp³-hybridized carbons (Fsp3) is 0.222. The van der Waals surface area contributed by atoms with Crippen molar-refractivity contribution in [2.75, 3.05) is 10.6 Å². The fourth-order valence-electron chi connectivity index (χ4n) is 2.99. The molecule has 25 heavy (non-hydrogen) atoms. The number of nitrogens with zero attached hydrogens (tertiary/aromatic N) is 4. The van der Waals surface area contributed by atoms with Crippen LogP contribution < -0.4 is 10.6 Å². The highest BCUT2D eigenvalue weighted by Crippen LogP contribution is 2.29. The predicted octanol–water partition coefficient (Wildman–Crippen LogP) is 3.53. The molecule has 0 radical (unpaired) electrons. The number of anilines is 3. The number of hydrogen-bond donors (Lipinski definition) is 3. The molecule has 124 valence electrons. The molecule has 3 N–H and O–H groups in total. The van der Waals surface area contributed by atoms with Gasteiger partial charge in [-0.15, -0.1) is 0 Å². The van der Waals surface area contributed by atoms with Gasteiger partial charge in [-0.05, 0) is 43.5 Å². The molecule has 1 aliphatic carbocycles. The van der Waals surface area contributed by atoms with E-state index in [9.17, 15) is 0 Å². The van der Waals surface area contributed by atoms with Crippen molar-refractivity contribution in [3.05, 3.63) is 42.4 Å². The van der Waals surface area contributed by atoms with Gasteiger partial charge in [0.1, 0.15) is 5.52 Å². The first kappa shape index (κ1) is 14.2. The van der Waals surface area contributed by atoms with Crippen molar-refractivity contribution in [1.29, 1.82) is 0 Å². The summed E-state index contributed by atoms with van der Waals surface area (Å²) in [6, 6.07) is 8.61. The van der Waals surface area contributed by atoms with Crippen LogP contribution in [0.15, 0.2) is 36.8 Å². The third-order valence-corrected chi connectivity index (χ3v) is 4.35. The number of nitrogens with one attached hydrogen (secondary N) is 3. The molecule has 1 aliphatic rings. The number of imidazole rings is 1. The summed E-state index contributed by atoms with van der Waals surface area (Å²) in [5.41, 5.74) is 4.55. The summed E-state index contributed by atoms with van der Waals surface area (Å²) >= 11 is 0. The van der Waals surface area contributed by atoms with E-state index in [1.807, 2.05) is 12.3 Å². The number of aromatic nitrogens is 5. The molecule has 7 heteroatoms. The number of aromatic amines is 1. The Bertz CT molecular complexity index is 1080. The van der Waals surface area contributed by atoms with E-state index < -0.39 is 0 Å². The van der Waals surface area contributed by atoms with Crippen LogP contribution in [0.3, 0.4) is 0 Å². The van der Waals surface area contributed by atoms with Crippen molar-refractivity contribution in [3.63, 3.8) is 0 Å². The van der Waals surface area contributed by atoms with Gasteiger partial charge in [-0.25, -0.2) is 4.98 Å². The van der Waals surface area contributed by atoms with Gasteiger partial charge >= 0.3 is 0 Å². The predicted molar refractivity (Wildman–Crippen MR) is 98.1 cm³/mol. The molecule has 1 fully saturated rings. The van der Waals surface area contributed by atoms with Crippen LogP contribution in [0, 0.1) is 6.92 Å². The van der Waals surface area contributed by atoms with Crippen LogP contribution >= 0.6 is 0 Å². The Balaban J connectivity index is 1.55. The van der Waals surface area contributed by atoms with Gasteiger partial charge in [0.15, 0.2) is 11.5 Å². The van der Waals surface area contributed by atoms with Gasteiger partial charge in [-0.1, -0.05) is 6.07 Å². The molecule has 3 aromatic heterocycles. The third kappa shape index (κ3) is 2.63. The van der Waals surface area contributed by atoms with Crippen molar-refractivity contribution in [2.45, 2.75) is 25.8 Å². The van der Waals surface area contributed by atoms with Gasteiger partial charge in [0.2, 0.25) is 5.95 Å². The monoisotopic (exact) mass is 331 g/mol. The molecule has 0 aliphatic heterocycles. The van der Waals surface area contributed by atoms with Gasteiger partial charge < -0.3 is 15.6 Å². The SMILES string of the molecule is Cc1cc(Nc2nc(NC3CC3)c3nc[nH]c3n2)cc2cccnc12. The maximum Gasteiger partial charge on any atom is 0.231 e. The summed E-state index contributed by atoms with van der Waals surface area (Å²) in [5.74, 6) is 1.32. The summed E-state index contributed by atoms with van der Waals surface area (Å²) < 4.78 is 0. The summed E-state index contributed by atoms with van der Waals surface area (Å²) in [6.07, 6.45) is 5.81. The van der Waals surface area contributed by atoms with Crippen LogP contribution in [0.25, 0.3) is 22.1 Å². The molecule has 4 aromatic rings. The van der Waals surface area contributed by atoms with Crippen molar-refractivity contribution >= 4 is 39.5 Å². The van der Waals surface area contributed by atoms with Crippen LogP contribution in [0.5, 0.6) is 0 Å². The Kier molecular flexibility index (Phi) is 3.06. The Morgan fingerprint density at radius 3 is 2.92 bits per heavy atom. The zero-order valence-electron chi connectivity index (χ0n) is 13.7. The summed E-state index contributed by atoms with van der Waals surface area (Å²) in [4.78, 5) is 21.0. The lowest BCUT2D eigenvalue weighted by molar-refractivity contribution is 1.10. The second kappa shape index (κ2) is 5.41. The Morgan fingerprint density at radius 1 is 1.12 bits per heavy atom. The molecule has 5 rings (SSSR count). The number of benzene rings is 1. The zero-order chi connectivity index (χ0) is 16.8. The minimum absolute atomic E-state index is 0.497. The molecule has 0 atom stereocenters. The second-order valence-electron chi connectivity index (χ2n) is 6.41. The maximum absolute atomic E-state index is 4.63. The van der Waals surface area contributed by atoms with E-state index in [0.717, 1.165) is 39.1 Å². The lowest BCUT2D eigenvalue weighted by Crippen LogP contribution is -2.07. The summed E-state index contributed by atoms with van der Waals surface area (Å²) in [6.45, 7) is 2.06. The van der Waals surface area contributed by atoms with E-state index in [1.165, 1.54) is 12.8 Å². The average molecular weight is 331 g/mol. The first-order valence-corrected chi connectivity index (χ1v) is 8.36. The van der Waals surface area contributed by atoms with E-state index in [4.69, 9.17) is 0 Å². The maximum atomic E-state index is 4.63. The first-order valence-electron chi connectivity index (χ1n) is 8.36. The van der Waals surface area contributed by atoms with Crippen molar-refractivity contribution in [2.24, 2.45) is 0 Å². The highest BCUT2D eigenvalue weighted by Gasteiger charge is 2.23. The smallest absolute Gasteiger partial charge is 0.231 e. The van der Waals surface area contributed by atoms with Crippen LogP contribution in [0.4, 0.5) is 17.5 Å². The normalized spacial score (nSPS) is 14.1. The molecular formula is C18H17N7. The molecule has 0 saturated heterocycles. The average Bonchev–Trinajstić information content (AvgIpc) is 3.29. The molecule has 7 nitrogen and oxygen atoms in total. The van der Waals surface area contributed by atoms with Gasteiger partial charge in [0, 0.05) is 23.3 Å². The molecule has 3 heterocycles. The number of pyridine rings is 1. The van der Waals surface area contributed by atoms with Crippen LogP contribution in [-0.4, -0.2) is 31.0 Å². The van der Waals surface area contributed by atoms with Crippen molar-refractivity contribution in [3.8, 4) is 0 Å². The molecule has 0 amide bonds. The van der Waals surface area contributed by atoms with E-state index in [-0.39, 0.29) is 0 Å². The molecule has 0 spiro atoms. The lowest BCUT2D eigenvalue weighted by atomic mass is 10.1. The van der Waals surface area contributed by atoms with Gasteiger partial charge in [0.25, 0.3) is 0 Å². The van der Waals surface area contributed by atoms with Crippen molar-refractivity contribution < 1.29 is 0 Å². The number of aryl methyl sites for hydroxylation is 1. The Morgan fingerprint density at radius 2 is 2.04 bits per heavy atom. The molecule has 0 unspecified atom stereocenters. The molecule has 1 aromatic carbocycles. The minimum Gasteiger partial charge on any atom is -0.365 e. The van der Waals surface area contributed by atoms with Crippen molar-refractivity contribution in [1.82, 2.24) is 24.9 Å². The van der Waals surface area contributed by atoms with E-state index in [0.29, 0.717) is 12.0 Å². The highest BCUT2D eigenvalue weighted by atomic mass is 15.2. The van der Waals surface area contributed by atoms with Crippen LogP contribution in [0.2, 0.25) is 0 Å². The van der Waals surface area contributed by atoms with E-state index in [1.54, 1.807) is 6.33 Å². The molecule has 1 saturated carbocycles. The first-order chi connectivity index (χ1) is 12.3. The molecular weight excluding hydrogens is 314 g/mol. The van der Waals surface area contributed by atoms with E-state index in [2.05, 4.69) is 60.7 Å². The zero-order valence-corrected chi connectivity index (χ0v) is 13.7. The number of fused-ring (bicyclic) bond motifs is 2. The largest absolute Gasteiger partial charge is 0.365 e. The quantitative estimate of drug-likeness (QED) is 0.530. The number of rotatable bonds is 4. The Labute approximate surface area is 143 Å². The fourth-order valence-corrected chi connectivity index (χ4v) is 2.99. The van der Waals surface area contributed by atoms with Gasteiger partial charge in [-0.2, -0.15) is 9.97 Å². The Hall–Kier alpha value is -3.22. The minimum atomic E-state index is 0.497. The number of hydrogen-bond acceptors (Lipinski definition) is 6.